The lowest BCUT2D eigenvalue weighted by Crippen LogP contribution is -2.56. The van der Waals surface area contributed by atoms with Gasteiger partial charge in [-0.05, 0) is 84.0 Å². The predicted molar refractivity (Wildman–Crippen MR) is 78.0 cm³/mol. The van der Waals surface area contributed by atoms with Gasteiger partial charge in [0.05, 0.1) is 6.04 Å². The molecule has 4 aliphatic rings. The molecule has 0 saturated heterocycles. The SMILES string of the molecule is C[C@@H](NC(C)(C)C)C(=O)C12CC3CC(CC(C3)C1)C2. The predicted octanol–water partition coefficient (Wildman–Crippen LogP) is 3.55. The molecule has 4 fully saturated rings. The van der Waals surface area contributed by atoms with Crippen molar-refractivity contribution < 1.29 is 4.79 Å². The van der Waals surface area contributed by atoms with Gasteiger partial charge in [0.1, 0.15) is 0 Å². The number of hydrogen-bond acceptors (Lipinski definition) is 2. The van der Waals surface area contributed by atoms with Crippen molar-refractivity contribution in [3.05, 3.63) is 0 Å². The summed E-state index contributed by atoms with van der Waals surface area (Å²) >= 11 is 0. The van der Waals surface area contributed by atoms with Gasteiger partial charge in [-0.2, -0.15) is 0 Å². The zero-order valence-corrected chi connectivity index (χ0v) is 13.0. The van der Waals surface area contributed by atoms with Crippen LogP contribution in [0.2, 0.25) is 0 Å². The average molecular weight is 263 g/mol. The third kappa shape index (κ3) is 2.49. The van der Waals surface area contributed by atoms with Gasteiger partial charge in [-0.15, -0.1) is 0 Å². The zero-order valence-electron chi connectivity index (χ0n) is 13.0. The zero-order chi connectivity index (χ0) is 13.8. The molecule has 4 bridgehead atoms. The molecule has 0 aromatic carbocycles. The van der Waals surface area contributed by atoms with Crippen LogP contribution in [-0.4, -0.2) is 17.4 Å². The van der Waals surface area contributed by atoms with Crippen molar-refractivity contribution >= 4 is 5.78 Å². The number of nitrogens with one attached hydrogen (secondary N) is 1. The van der Waals surface area contributed by atoms with Gasteiger partial charge in [-0.1, -0.05) is 0 Å². The van der Waals surface area contributed by atoms with E-state index in [-0.39, 0.29) is 17.0 Å². The Morgan fingerprint density at radius 3 is 1.84 bits per heavy atom. The van der Waals surface area contributed by atoms with Crippen molar-refractivity contribution in [2.45, 2.75) is 77.8 Å². The van der Waals surface area contributed by atoms with Crippen LogP contribution in [0.4, 0.5) is 0 Å². The van der Waals surface area contributed by atoms with Gasteiger partial charge in [-0.3, -0.25) is 4.79 Å². The summed E-state index contributed by atoms with van der Waals surface area (Å²) in [7, 11) is 0. The molecule has 1 atom stereocenters. The minimum absolute atomic E-state index is 0.0104. The quantitative estimate of drug-likeness (QED) is 0.843. The third-order valence-corrected chi connectivity index (χ3v) is 5.60. The van der Waals surface area contributed by atoms with E-state index in [9.17, 15) is 4.79 Å². The van der Waals surface area contributed by atoms with Crippen molar-refractivity contribution in [2.24, 2.45) is 23.2 Å². The monoisotopic (exact) mass is 263 g/mol. The topological polar surface area (TPSA) is 29.1 Å². The highest BCUT2D eigenvalue weighted by Crippen LogP contribution is 2.60. The largest absolute Gasteiger partial charge is 0.303 e. The first-order chi connectivity index (χ1) is 8.77. The van der Waals surface area contributed by atoms with E-state index in [1.54, 1.807) is 0 Å². The highest BCUT2D eigenvalue weighted by atomic mass is 16.1. The van der Waals surface area contributed by atoms with E-state index >= 15 is 0 Å². The summed E-state index contributed by atoms with van der Waals surface area (Å²) in [6, 6.07) is 0.0104. The number of carbonyl (C=O) groups excluding carboxylic acids is 1. The molecule has 0 unspecified atom stereocenters. The van der Waals surface area contributed by atoms with Crippen LogP contribution in [0.1, 0.15) is 66.2 Å². The fourth-order valence-electron chi connectivity index (χ4n) is 5.59. The van der Waals surface area contributed by atoms with Crippen LogP contribution in [-0.2, 0) is 4.79 Å². The first-order valence-corrected chi connectivity index (χ1v) is 8.09. The third-order valence-electron chi connectivity index (χ3n) is 5.60. The minimum atomic E-state index is 0.0104. The minimum Gasteiger partial charge on any atom is -0.303 e. The normalized spacial score (nSPS) is 42.4. The lowest BCUT2D eigenvalue weighted by Gasteiger charge is -2.56. The van der Waals surface area contributed by atoms with Gasteiger partial charge in [0.15, 0.2) is 5.78 Å². The molecule has 108 valence electrons. The summed E-state index contributed by atoms with van der Waals surface area (Å²) in [6.45, 7) is 8.52. The molecule has 0 aliphatic heterocycles. The molecule has 0 amide bonds. The Bertz CT molecular complexity index is 344. The second kappa shape index (κ2) is 4.31. The van der Waals surface area contributed by atoms with Crippen LogP contribution in [0.15, 0.2) is 0 Å². The molecule has 1 N–H and O–H groups in total. The smallest absolute Gasteiger partial charge is 0.155 e. The molecule has 2 nitrogen and oxygen atoms in total. The Morgan fingerprint density at radius 1 is 1.05 bits per heavy atom. The Morgan fingerprint density at radius 2 is 1.47 bits per heavy atom. The van der Waals surface area contributed by atoms with Crippen LogP contribution in [0.3, 0.4) is 0 Å². The van der Waals surface area contributed by atoms with Gasteiger partial charge in [-0.25, -0.2) is 0 Å². The molecule has 0 aromatic heterocycles. The molecule has 0 aromatic rings. The maximum absolute atomic E-state index is 13.0. The molecule has 4 aliphatic carbocycles. The van der Waals surface area contributed by atoms with E-state index in [0.717, 1.165) is 17.8 Å². The summed E-state index contributed by atoms with van der Waals surface area (Å²) in [5, 5.41) is 3.49. The van der Waals surface area contributed by atoms with Crippen molar-refractivity contribution in [2.75, 3.05) is 0 Å². The second-order valence-corrected chi connectivity index (χ2v) is 8.68. The molecule has 2 heteroatoms. The molecule has 4 rings (SSSR count). The Labute approximate surface area is 117 Å². The van der Waals surface area contributed by atoms with Gasteiger partial charge in [0.25, 0.3) is 0 Å². The standard InChI is InChI=1S/C17H29NO/c1-11(18-16(2,3)4)15(19)17-8-12-5-13(9-17)7-14(6-12)10-17/h11-14,18H,5-10H2,1-4H3/t11-,12?,13?,14?,17?/m1/s1. The molecule has 0 heterocycles. The van der Waals surface area contributed by atoms with Crippen molar-refractivity contribution in [1.29, 1.82) is 0 Å². The van der Waals surface area contributed by atoms with Crippen LogP contribution < -0.4 is 5.32 Å². The van der Waals surface area contributed by atoms with Crippen LogP contribution >= 0.6 is 0 Å². The Hall–Kier alpha value is -0.370. The van der Waals surface area contributed by atoms with Crippen molar-refractivity contribution in [3.63, 3.8) is 0 Å². The summed E-state index contributed by atoms with van der Waals surface area (Å²) in [6.07, 6.45) is 7.80. The number of ketones is 1. The lowest BCUT2D eigenvalue weighted by atomic mass is 9.48. The molecule has 19 heavy (non-hydrogen) atoms. The van der Waals surface area contributed by atoms with Crippen LogP contribution in [0.25, 0.3) is 0 Å². The van der Waals surface area contributed by atoms with E-state index in [1.165, 1.54) is 38.5 Å². The summed E-state index contributed by atoms with van der Waals surface area (Å²) in [5.41, 5.74) is 0.0732. The maximum Gasteiger partial charge on any atom is 0.155 e. The average Bonchev–Trinajstić information content (AvgIpc) is 2.23. The van der Waals surface area contributed by atoms with E-state index in [1.807, 2.05) is 0 Å². The summed E-state index contributed by atoms with van der Waals surface area (Å²) in [4.78, 5) is 13.0. The summed E-state index contributed by atoms with van der Waals surface area (Å²) < 4.78 is 0. The first kappa shape index (κ1) is 13.6. The lowest BCUT2D eigenvalue weighted by molar-refractivity contribution is -0.146. The molecule has 0 spiro atoms. The maximum atomic E-state index is 13.0. The van der Waals surface area contributed by atoms with Gasteiger partial charge >= 0.3 is 0 Å². The van der Waals surface area contributed by atoms with Gasteiger partial charge in [0.2, 0.25) is 0 Å². The summed E-state index contributed by atoms with van der Waals surface area (Å²) in [5.74, 6) is 3.09. The van der Waals surface area contributed by atoms with Crippen LogP contribution in [0, 0.1) is 23.2 Å². The number of rotatable bonds is 3. The van der Waals surface area contributed by atoms with Gasteiger partial charge in [0, 0.05) is 11.0 Å². The van der Waals surface area contributed by atoms with E-state index in [0.29, 0.717) is 5.78 Å². The highest BCUT2D eigenvalue weighted by Gasteiger charge is 2.55. The van der Waals surface area contributed by atoms with E-state index in [2.05, 4.69) is 33.0 Å². The second-order valence-electron chi connectivity index (χ2n) is 8.68. The Kier molecular flexibility index (Phi) is 3.09. The van der Waals surface area contributed by atoms with Gasteiger partial charge < -0.3 is 5.32 Å². The molecular formula is C17H29NO. The molecule has 4 saturated carbocycles. The highest BCUT2D eigenvalue weighted by molar-refractivity contribution is 5.90. The Balaban J connectivity index is 1.76. The fraction of sp³-hybridized carbons (Fsp3) is 0.941. The van der Waals surface area contributed by atoms with E-state index < -0.39 is 0 Å². The molecular weight excluding hydrogens is 234 g/mol. The van der Waals surface area contributed by atoms with Crippen LogP contribution in [0.5, 0.6) is 0 Å². The van der Waals surface area contributed by atoms with E-state index in [4.69, 9.17) is 0 Å². The number of Topliss-reactive ketones (excluding diaryl/α,β-unsaturated/α-hetero) is 1. The van der Waals surface area contributed by atoms with Crippen molar-refractivity contribution in [1.82, 2.24) is 5.32 Å². The first-order valence-electron chi connectivity index (χ1n) is 8.09. The van der Waals surface area contributed by atoms with Crippen molar-refractivity contribution in [3.8, 4) is 0 Å². The number of carbonyl (C=O) groups is 1. The number of hydrogen-bond donors (Lipinski definition) is 1. The fourth-order valence-corrected chi connectivity index (χ4v) is 5.59. The molecule has 0 radical (unpaired) electrons.